The van der Waals surface area contributed by atoms with Crippen LogP contribution >= 0.6 is 0 Å². The van der Waals surface area contributed by atoms with Crippen LogP contribution in [0.3, 0.4) is 0 Å². The molecule has 6 rings (SSSR count). The van der Waals surface area contributed by atoms with Gasteiger partial charge >= 0.3 is 5.97 Å². The van der Waals surface area contributed by atoms with Gasteiger partial charge in [-0.1, -0.05) is 35.5 Å². The number of halogens is 1. The van der Waals surface area contributed by atoms with E-state index in [0.717, 1.165) is 11.1 Å². The van der Waals surface area contributed by atoms with Crippen LogP contribution in [0.25, 0.3) is 16.6 Å². The van der Waals surface area contributed by atoms with Crippen molar-refractivity contribution in [2.45, 2.75) is 63.2 Å². The van der Waals surface area contributed by atoms with E-state index in [-0.39, 0.29) is 18.4 Å². The lowest BCUT2D eigenvalue weighted by molar-refractivity contribution is -0.143. The number of hydrogen-bond acceptors (Lipinski definition) is 7. The van der Waals surface area contributed by atoms with Gasteiger partial charge < -0.3 is 20.4 Å². The number of aryl methyl sites for hydroxylation is 1. The Labute approximate surface area is 251 Å². The van der Waals surface area contributed by atoms with Crippen molar-refractivity contribution in [3.63, 3.8) is 0 Å². The third-order valence-corrected chi connectivity index (χ3v) is 8.23. The molecular weight excluding hydrogens is 567 g/mol. The molecule has 1 aromatic heterocycles. The van der Waals surface area contributed by atoms with Gasteiger partial charge in [0.2, 0.25) is 5.60 Å². The molecule has 0 spiro atoms. The number of nitrogens with zero attached hydrogens (tertiary/aromatic N) is 3. The zero-order valence-corrected chi connectivity index (χ0v) is 24.0. The summed E-state index contributed by atoms with van der Waals surface area (Å²) in [4.78, 5) is 48.5. The topological polar surface area (TPSA) is 143 Å². The second-order valence-electron chi connectivity index (χ2n) is 11.4. The van der Waals surface area contributed by atoms with E-state index in [1.54, 1.807) is 25.1 Å². The molecule has 0 radical (unpaired) electrons. The summed E-state index contributed by atoms with van der Waals surface area (Å²) < 4.78 is 15.1. The number of oxime groups is 1. The van der Waals surface area contributed by atoms with E-state index in [0.29, 0.717) is 59.4 Å². The quantitative estimate of drug-likeness (QED) is 0.247. The Kier molecular flexibility index (Phi) is 7.73. The summed E-state index contributed by atoms with van der Waals surface area (Å²) in [5.41, 5.74) is 2.21. The minimum atomic E-state index is -1.31. The largest absolute Gasteiger partial charge is 0.481 e. The number of amides is 1. The first kappa shape index (κ1) is 29.2. The number of fused-ring (bicyclic) bond motifs is 2. The number of aliphatic hydroxyl groups is 1. The SMILES string of the molecule is C[C@@]1(C(=O)N[C@H]2c3ccccc3C[C@H]2O)CC(c2ccc3c(=O)n(-c4ccc(F)cc4)c(CCCCC(=O)O)nc3c2)=NO1. The van der Waals surface area contributed by atoms with Gasteiger partial charge in [0, 0.05) is 31.2 Å². The predicted molar refractivity (Wildman–Crippen MR) is 160 cm³/mol. The third-order valence-electron chi connectivity index (χ3n) is 8.23. The monoisotopic (exact) mass is 598 g/mol. The lowest BCUT2D eigenvalue weighted by atomic mass is 9.94. The van der Waals surface area contributed by atoms with Crippen molar-refractivity contribution in [3.05, 3.63) is 105 Å². The van der Waals surface area contributed by atoms with Gasteiger partial charge in [0.15, 0.2) is 0 Å². The van der Waals surface area contributed by atoms with Crippen molar-refractivity contribution in [3.8, 4) is 5.69 Å². The van der Waals surface area contributed by atoms with Crippen molar-refractivity contribution in [2.75, 3.05) is 0 Å². The molecule has 3 aromatic carbocycles. The van der Waals surface area contributed by atoms with Gasteiger partial charge in [-0.15, -0.1) is 0 Å². The predicted octanol–water partition coefficient (Wildman–Crippen LogP) is 3.98. The number of nitrogens with one attached hydrogen (secondary N) is 1. The summed E-state index contributed by atoms with van der Waals surface area (Å²) in [5.74, 6) is -1.32. The van der Waals surface area contributed by atoms with E-state index < -0.39 is 35.4 Å². The Morgan fingerprint density at radius 2 is 1.89 bits per heavy atom. The van der Waals surface area contributed by atoms with Gasteiger partial charge in [0.1, 0.15) is 11.6 Å². The number of aliphatic hydroxyl groups excluding tert-OH is 1. The highest BCUT2D eigenvalue weighted by Gasteiger charge is 2.44. The summed E-state index contributed by atoms with van der Waals surface area (Å²) in [7, 11) is 0. The number of benzene rings is 3. The fourth-order valence-corrected chi connectivity index (χ4v) is 5.85. The Balaban J connectivity index is 1.26. The van der Waals surface area contributed by atoms with Crippen LogP contribution in [0.5, 0.6) is 0 Å². The summed E-state index contributed by atoms with van der Waals surface area (Å²) >= 11 is 0. The van der Waals surface area contributed by atoms with Gasteiger partial charge in [-0.3, -0.25) is 19.0 Å². The smallest absolute Gasteiger partial charge is 0.303 e. The number of hydrogen-bond donors (Lipinski definition) is 3. The number of carboxylic acid groups (broad SMARTS) is 1. The maximum atomic E-state index is 13.7. The number of rotatable bonds is 9. The van der Waals surface area contributed by atoms with E-state index in [4.69, 9.17) is 14.9 Å². The fourth-order valence-electron chi connectivity index (χ4n) is 5.85. The second-order valence-corrected chi connectivity index (χ2v) is 11.4. The van der Waals surface area contributed by atoms with E-state index >= 15 is 0 Å². The second kappa shape index (κ2) is 11.6. The maximum absolute atomic E-state index is 13.7. The van der Waals surface area contributed by atoms with E-state index in [9.17, 15) is 23.9 Å². The van der Waals surface area contributed by atoms with Crippen molar-refractivity contribution >= 4 is 28.5 Å². The standard InChI is InChI=1S/C33H31FN4O6/c1-33(32(43)36-30-23-7-3-2-6-19(23)17-27(30)39)18-26(37-44-33)20-10-15-24-25(16-20)35-28(8-4-5-9-29(40)41)38(31(24)42)22-13-11-21(34)12-14-22/h2-3,6-7,10-16,27,30,39H,4-5,8-9,17-18H2,1H3,(H,36,43)(H,40,41)/t27-,30+,33+/m1/s1. The normalized spacial score (nSPS) is 20.7. The maximum Gasteiger partial charge on any atom is 0.303 e. The molecule has 0 bridgehead atoms. The van der Waals surface area contributed by atoms with Gasteiger partial charge in [-0.25, -0.2) is 9.37 Å². The molecule has 1 aliphatic heterocycles. The Morgan fingerprint density at radius 1 is 1.11 bits per heavy atom. The van der Waals surface area contributed by atoms with Crippen LogP contribution in [-0.2, 0) is 27.3 Å². The lowest BCUT2D eigenvalue weighted by Gasteiger charge is -2.25. The lowest BCUT2D eigenvalue weighted by Crippen LogP contribution is -2.47. The van der Waals surface area contributed by atoms with Gasteiger partial charge in [0.25, 0.3) is 11.5 Å². The number of aliphatic carboxylic acids is 1. The minimum Gasteiger partial charge on any atom is -0.481 e. The summed E-state index contributed by atoms with van der Waals surface area (Å²) in [6, 6.07) is 17.6. The molecule has 11 heteroatoms. The number of carbonyl (C=O) groups is 2. The summed E-state index contributed by atoms with van der Waals surface area (Å²) in [6.07, 6.45) is 1.09. The number of carboxylic acids is 1. The van der Waals surface area contributed by atoms with Crippen LogP contribution in [0.2, 0.25) is 0 Å². The van der Waals surface area contributed by atoms with Crippen molar-refractivity contribution in [1.82, 2.24) is 14.9 Å². The van der Waals surface area contributed by atoms with Crippen molar-refractivity contribution < 1.29 is 29.0 Å². The molecule has 2 aliphatic rings. The molecule has 2 heterocycles. The third kappa shape index (κ3) is 5.58. The Morgan fingerprint density at radius 3 is 2.66 bits per heavy atom. The van der Waals surface area contributed by atoms with Crippen LogP contribution in [0.1, 0.15) is 61.2 Å². The van der Waals surface area contributed by atoms with Crippen LogP contribution in [0.4, 0.5) is 4.39 Å². The number of unbranched alkanes of at least 4 members (excludes halogenated alkanes) is 1. The molecule has 0 saturated heterocycles. The molecule has 10 nitrogen and oxygen atoms in total. The average Bonchev–Trinajstić information content (AvgIpc) is 3.56. The molecule has 4 aromatic rings. The van der Waals surface area contributed by atoms with Crippen molar-refractivity contribution in [2.24, 2.45) is 5.16 Å². The highest BCUT2D eigenvalue weighted by molar-refractivity contribution is 6.07. The first-order valence-corrected chi connectivity index (χ1v) is 14.5. The first-order valence-electron chi connectivity index (χ1n) is 14.5. The molecule has 44 heavy (non-hydrogen) atoms. The molecule has 3 atom stereocenters. The molecule has 3 N–H and O–H groups in total. The van der Waals surface area contributed by atoms with E-state index in [1.165, 1.54) is 28.8 Å². The number of aromatic nitrogens is 2. The minimum absolute atomic E-state index is 0.00308. The zero-order chi connectivity index (χ0) is 31.0. The van der Waals surface area contributed by atoms with Gasteiger partial charge in [0.05, 0.1) is 34.4 Å². The van der Waals surface area contributed by atoms with E-state index in [2.05, 4.69) is 10.5 Å². The Hall–Kier alpha value is -4.90. The molecule has 1 amide bonds. The number of carbonyl (C=O) groups excluding carboxylic acids is 1. The summed E-state index contributed by atoms with van der Waals surface area (Å²) in [5, 5.41) is 27.1. The molecule has 1 aliphatic carbocycles. The average molecular weight is 599 g/mol. The fraction of sp³-hybridized carbons (Fsp3) is 0.303. The molecule has 0 unspecified atom stereocenters. The molecule has 0 saturated carbocycles. The highest BCUT2D eigenvalue weighted by atomic mass is 19.1. The zero-order valence-electron chi connectivity index (χ0n) is 24.0. The Bertz CT molecular complexity index is 1850. The molecular formula is C33H31FN4O6. The van der Waals surface area contributed by atoms with Crippen LogP contribution < -0.4 is 10.9 Å². The summed E-state index contributed by atoms with van der Waals surface area (Å²) in [6.45, 7) is 1.64. The van der Waals surface area contributed by atoms with Crippen LogP contribution in [0.15, 0.2) is 76.7 Å². The molecule has 226 valence electrons. The van der Waals surface area contributed by atoms with Crippen LogP contribution in [-0.4, -0.2) is 49.1 Å². The molecule has 0 fully saturated rings. The highest BCUT2D eigenvalue weighted by Crippen LogP contribution is 2.34. The van der Waals surface area contributed by atoms with Crippen LogP contribution in [0, 0.1) is 5.82 Å². The van der Waals surface area contributed by atoms with Crippen molar-refractivity contribution in [1.29, 1.82) is 0 Å². The van der Waals surface area contributed by atoms with E-state index in [1.807, 2.05) is 24.3 Å². The first-order chi connectivity index (χ1) is 21.1. The van der Waals surface area contributed by atoms with Gasteiger partial charge in [-0.2, -0.15) is 0 Å². The van der Waals surface area contributed by atoms with Gasteiger partial charge in [-0.05, 0) is 67.3 Å².